The van der Waals surface area contributed by atoms with Gasteiger partial charge in [0.2, 0.25) is 0 Å². The lowest BCUT2D eigenvalue weighted by Gasteiger charge is -2.21. The van der Waals surface area contributed by atoms with Gasteiger partial charge in [0.05, 0.1) is 19.3 Å². The molecule has 5 nitrogen and oxygen atoms in total. The summed E-state index contributed by atoms with van der Waals surface area (Å²) in [5.74, 6) is 0. The molecule has 0 rings (SSSR count). The molecule has 0 aliphatic carbocycles. The lowest BCUT2D eigenvalue weighted by Crippen LogP contribution is -2.45. The number of hydrogen-bond donors (Lipinski definition) is 2. The first kappa shape index (κ1) is 15.0. The molecule has 0 bridgehead atoms. The van der Waals surface area contributed by atoms with Gasteiger partial charge in [-0.3, -0.25) is 0 Å². The molecule has 0 aliphatic rings. The lowest BCUT2D eigenvalue weighted by atomic mass is 10.3. The fourth-order valence-electron chi connectivity index (χ4n) is 0.955. The van der Waals surface area contributed by atoms with Crippen LogP contribution in [-0.2, 0) is 4.74 Å². The predicted octanol–water partition coefficient (Wildman–Crippen LogP) is 0.197. The van der Waals surface area contributed by atoms with E-state index in [4.69, 9.17) is 0 Å². The van der Waals surface area contributed by atoms with E-state index in [-0.39, 0.29) is 13.2 Å². The minimum absolute atomic E-state index is 0.0108. The molecule has 96 valence electrons. The molecule has 0 radical (unpaired) electrons. The highest BCUT2D eigenvalue weighted by Gasteiger charge is 2.28. The van der Waals surface area contributed by atoms with Crippen LogP contribution in [0.5, 0.6) is 0 Å². The Morgan fingerprint density at radius 3 is 2.56 bits per heavy atom. The number of nitrogens with one attached hydrogen (secondary N) is 1. The Morgan fingerprint density at radius 1 is 1.56 bits per heavy atom. The van der Waals surface area contributed by atoms with E-state index < -0.39 is 24.9 Å². The first-order valence-corrected chi connectivity index (χ1v) is 4.49. The molecule has 0 heterocycles. The van der Waals surface area contributed by atoms with E-state index in [1.54, 1.807) is 5.32 Å². The molecule has 2 amide bonds. The van der Waals surface area contributed by atoms with Crippen LogP contribution in [0.25, 0.3) is 0 Å². The van der Waals surface area contributed by atoms with E-state index in [1.807, 2.05) is 0 Å². The summed E-state index contributed by atoms with van der Waals surface area (Å²) < 4.78 is 39.9. The average molecular weight is 244 g/mol. The quantitative estimate of drug-likeness (QED) is 0.726. The summed E-state index contributed by atoms with van der Waals surface area (Å²) in [5.41, 5.74) is 0. The number of rotatable bonds is 5. The van der Waals surface area contributed by atoms with E-state index in [9.17, 15) is 23.1 Å². The summed E-state index contributed by atoms with van der Waals surface area (Å²) in [6.07, 6.45) is -5.37. The molecule has 16 heavy (non-hydrogen) atoms. The highest BCUT2D eigenvalue weighted by molar-refractivity contribution is 5.73. The van der Waals surface area contributed by atoms with Crippen molar-refractivity contribution in [2.24, 2.45) is 0 Å². The van der Waals surface area contributed by atoms with Gasteiger partial charge in [0.15, 0.2) is 0 Å². The zero-order valence-corrected chi connectivity index (χ0v) is 9.04. The van der Waals surface area contributed by atoms with Crippen molar-refractivity contribution in [1.82, 2.24) is 10.2 Å². The van der Waals surface area contributed by atoms with Crippen molar-refractivity contribution in [3.8, 4) is 0 Å². The van der Waals surface area contributed by atoms with Crippen molar-refractivity contribution in [2.75, 3.05) is 33.9 Å². The number of carbonyl (C=O) groups excluding carboxylic acids is 1. The van der Waals surface area contributed by atoms with Crippen LogP contribution in [0.1, 0.15) is 0 Å². The molecule has 2 N–H and O–H groups in total. The van der Waals surface area contributed by atoms with Crippen LogP contribution < -0.4 is 5.32 Å². The van der Waals surface area contributed by atoms with Gasteiger partial charge in [-0.2, -0.15) is 13.2 Å². The number of methoxy groups -OCH3 is 1. The highest BCUT2D eigenvalue weighted by atomic mass is 19.4. The Labute approximate surface area is 91.2 Å². The van der Waals surface area contributed by atoms with Crippen LogP contribution in [0, 0.1) is 0 Å². The fourth-order valence-corrected chi connectivity index (χ4v) is 0.955. The highest BCUT2D eigenvalue weighted by Crippen LogP contribution is 2.12. The standard InChI is InChI=1S/C8H15F3N2O3/c1-13(3-6(14)4-16-2)7(15)12-5-8(9,10)11/h6,14H,3-5H2,1-2H3,(H,12,15). The summed E-state index contributed by atoms with van der Waals surface area (Å²) in [5, 5.41) is 10.9. The van der Waals surface area contributed by atoms with Gasteiger partial charge in [0.1, 0.15) is 6.54 Å². The summed E-state index contributed by atoms with van der Waals surface area (Å²) in [4.78, 5) is 12.0. The minimum Gasteiger partial charge on any atom is -0.389 e. The molecular formula is C8H15F3N2O3. The van der Waals surface area contributed by atoms with Crippen LogP contribution in [-0.4, -0.2) is 62.2 Å². The van der Waals surface area contributed by atoms with Gasteiger partial charge in [-0.1, -0.05) is 0 Å². The molecule has 0 saturated carbocycles. The third kappa shape index (κ3) is 7.30. The SMILES string of the molecule is COCC(O)CN(C)C(=O)NCC(F)(F)F. The molecule has 0 aromatic heterocycles. The molecule has 0 aliphatic heterocycles. The van der Waals surface area contributed by atoms with Gasteiger partial charge in [-0.05, 0) is 0 Å². The van der Waals surface area contributed by atoms with Gasteiger partial charge < -0.3 is 20.1 Å². The van der Waals surface area contributed by atoms with Crippen molar-refractivity contribution < 1.29 is 27.8 Å². The van der Waals surface area contributed by atoms with Crippen LogP contribution >= 0.6 is 0 Å². The number of aliphatic hydroxyl groups excluding tert-OH is 1. The molecule has 0 aromatic rings. The number of aliphatic hydroxyl groups is 1. The molecule has 0 aromatic carbocycles. The number of halogens is 3. The number of likely N-dealkylation sites (N-methyl/N-ethyl adjacent to an activating group) is 1. The topological polar surface area (TPSA) is 61.8 Å². The van der Waals surface area contributed by atoms with E-state index in [1.165, 1.54) is 14.2 Å². The van der Waals surface area contributed by atoms with Crippen LogP contribution in [0.3, 0.4) is 0 Å². The second-order valence-electron chi connectivity index (χ2n) is 3.26. The number of carbonyl (C=O) groups is 1. The minimum atomic E-state index is -4.44. The number of amides is 2. The van der Waals surface area contributed by atoms with Crippen molar-refractivity contribution in [2.45, 2.75) is 12.3 Å². The number of hydrogen-bond acceptors (Lipinski definition) is 3. The molecule has 8 heteroatoms. The maximum absolute atomic E-state index is 11.8. The van der Waals surface area contributed by atoms with Gasteiger partial charge >= 0.3 is 12.2 Å². The van der Waals surface area contributed by atoms with Crippen molar-refractivity contribution in [3.05, 3.63) is 0 Å². The number of nitrogens with zero attached hydrogens (tertiary/aromatic N) is 1. The van der Waals surface area contributed by atoms with E-state index >= 15 is 0 Å². The molecule has 0 saturated heterocycles. The maximum Gasteiger partial charge on any atom is 0.405 e. The van der Waals surface area contributed by atoms with Crippen molar-refractivity contribution in [3.63, 3.8) is 0 Å². The largest absolute Gasteiger partial charge is 0.405 e. The number of ether oxygens (including phenoxy) is 1. The van der Waals surface area contributed by atoms with Crippen LogP contribution in [0.2, 0.25) is 0 Å². The third-order valence-electron chi connectivity index (χ3n) is 1.63. The fraction of sp³-hybridized carbons (Fsp3) is 0.875. The Morgan fingerprint density at radius 2 is 2.12 bits per heavy atom. The Hall–Kier alpha value is -1.02. The second-order valence-corrected chi connectivity index (χ2v) is 3.26. The summed E-state index contributed by atoms with van der Waals surface area (Å²) in [6, 6.07) is -0.896. The predicted molar refractivity (Wildman–Crippen MR) is 50.0 cm³/mol. The van der Waals surface area contributed by atoms with Gasteiger partial charge in [0, 0.05) is 14.2 Å². The average Bonchev–Trinajstić information content (AvgIpc) is 2.13. The summed E-state index contributed by atoms with van der Waals surface area (Å²) in [6.45, 7) is -1.48. The summed E-state index contributed by atoms with van der Waals surface area (Å²) in [7, 11) is 2.65. The smallest absolute Gasteiger partial charge is 0.389 e. The summed E-state index contributed by atoms with van der Waals surface area (Å²) >= 11 is 0. The zero-order valence-electron chi connectivity index (χ0n) is 9.04. The second kappa shape index (κ2) is 6.54. The third-order valence-corrected chi connectivity index (χ3v) is 1.63. The van der Waals surface area contributed by atoms with Gasteiger partial charge in [-0.15, -0.1) is 0 Å². The molecule has 0 spiro atoms. The Balaban J connectivity index is 3.90. The molecule has 1 unspecified atom stereocenters. The maximum atomic E-state index is 11.8. The molecule has 1 atom stereocenters. The molecular weight excluding hydrogens is 229 g/mol. The first-order valence-electron chi connectivity index (χ1n) is 4.49. The van der Waals surface area contributed by atoms with E-state index in [0.29, 0.717) is 0 Å². The van der Waals surface area contributed by atoms with Crippen LogP contribution in [0.15, 0.2) is 0 Å². The number of alkyl halides is 3. The first-order chi connectivity index (χ1) is 7.26. The van der Waals surface area contributed by atoms with Gasteiger partial charge in [-0.25, -0.2) is 4.79 Å². The number of urea groups is 1. The molecule has 0 fully saturated rings. The van der Waals surface area contributed by atoms with Crippen molar-refractivity contribution in [1.29, 1.82) is 0 Å². The van der Waals surface area contributed by atoms with Gasteiger partial charge in [0.25, 0.3) is 0 Å². The zero-order chi connectivity index (χ0) is 12.8. The van der Waals surface area contributed by atoms with E-state index in [0.717, 1.165) is 4.90 Å². The lowest BCUT2D eigenvalue weighted by molar-refractivity contribution is -0.123. The van der Waals surface area contributed by atoms with E-state index in [2.05, 4.69) is 4.74 Å². The normalized spacial score (nSPS) is 13.4. The van der Waals surface area contributed by atoms with Crippen LogP contribution in [0.4, 0.5) is 18.0 Å². The Bertz CT molecular complexity index is 223. The Kier molecular flexibility index (Phi) is 6.12. The monoisotopic (exact) mass is 244 g/mol. The van der Waals surface area contributed by atoms with Crippen molar-refractivity contribution >= 4 is 6.03 Å².